The van der Waals surface area contributed by atoms with Crippen molar-refractivity contribution in [3.8, 4) is 17.0 Å². The molecule has 0 N–H and O–H groups in total. The third-order valence-corrected chi connectivity index (χ3v) is 5.30. The van der Waals surface area contributed by atoms with Crippen molar-refractivity contribution in [2.75, 3.05) is 12.1 Å². The molecule has 2 heterocycles. The van der Waals surface area contributed by atoms with Gasteiger partial charge in [-0.25, -0.2) is 4.98 Å². The van der Waals surface area contributed by atoms with Crippen molar-refractivity contribution in [2.24, 2.45) is 15.3 Å². The lowest BCUT2D eigenvalue weighted by molar-refractivity contribution is -0.384. The Morgan fingerprint density at radius 2 is 2.03 bits per heavy atom. The Morgan fingerprint density at radius 1 is 1.23 bits per heavy atom. The summed E-state index contributed by atoms with van der Waals surface area (Å²) in [5.41, 5.74) is 2.05. The van der Waals surface area contributed by atoms with Crippen molar-refractivity contribution in [1.29, 1.82) is 0 Å². The number of nitro groups is 1. The van der Waals surface area contributed by atoms with Crippen LogP contribution in [0.4, 0.5) is 16.5 Å². The average Bonchev–Trinajstić information content (AvgIpc) is 3.37. The third kappa shape index (κ3) is 4.03. The molecule has 1 aliphatic rings. The molecule has 1 amide bonds. The molecule has 0 saturated heterocycles. The van der Waals surface area contributed by atoms with Crippen LogP contribution in [0, 0.1) is 10.1 Å². The van der Waals surface area contributed by atoms with Gasteiger partial charge in [0.2, 0.25) is 5.13 Å². The van der Waals surface area contributed by atoms with Crippen LogP contribution in [0.1, 0.15) is 6.92 Å². The van der Waals surface area contributed by atoms with Crippen molar-refractivity contribution >= 4 is 39.5 Å². The standard InChI is InChI=1S/C20H16N6O4S/c1-12-18(23-22-15-8-3-4-9-17(15)30-2)19(27)25(24-12)20-21-16(11-31-20)13-6-5-7-14(10-13)26(28)29/h3-11,18H,1-2H3/t18-/m0/s1. The Labute approximate surface area is 180 Å². The van der Waals surface area contributed by atoms with Gasteiger partial charge in [0.1, 0.15) is 11.4 Å². The summed E-state index contributed by atoms with van der Waals surface area (Å²) in [6.45, 7) is 1.69. The van der Waals surface area contributed by atoms with E-state index in [1.165, 1.54) is 35.6 Å². The lowest BCUT2D eigenvalue weighted by Crippen LogP contribution is -2.29. The van der Waals surface area contributed by atoms with Gasteiger partial charge in [-0.2, -0.15) is 20.3 Å². The Bertz CT molecular complexity index is 1220. The highest BCUT2D eigenvalue weighted by atomic mass is 32.1. The summed E-state index contributed by atoms with van der Waals surface area (Å²) in [6.07, 6.45) is 0. The number of hydrazone groups is 1. The van der Waals surface area contributed by atoms with Crippen LogP contribution >= 0.6 is 11.3 Å². The maximum absolute atomic E-state index is 12.9. The highest BCUT2D eigenvalue weighted by molar-refractivity contribution is 7.14. The van der Waals surface area contributed by atoms with Crippen molar-refractivity contribution in [1.82, 2.24) is 4.98 Å². The van der Waals surface area contributed by atoms with Crippen molar-refractivity contribution in [2.45, 2.75) is 13.0 Å². The predicted molar refractivity (Wildman–Crippen MR) is 116 cm³/mol. The number of nitro benzene ring substituents is 1. The normalized spacial score (nSPS) is 16.1. The van der Waals surface area contributed by atoms with E-state index in [-0.39, 0.29) is 11.6 Å². The molecule has 4 rings (SSSR count). The van der Waals surface area contributed by atoms with Gasteiger partial charge in [-0.1, -0.05) is 24.3 Å². The SMILES string of the molecule is COc1ccccc1N=N[C@@H]1C(=O)N(c2nc(-c3cccc([N+](=O)[O-])c3)cs2)N=C1C. The second kappa shape index (κ2) is 8.40. The molecule has 3 aromatic rings. The molecule has 0 unspecified atom stereocenters. The molecule has 1 atom stereocenters. The summed E-state index contributed by atoms with van der Waals surface area (Å²) in [7, 11) is 1.53. The minimum Gasteiger partial charge on any atom is -0.494 e. The molecular formula is C20H16N6O4S. The fourth-order valence-electron chi connectivity index (χ4n) is 2.93. The number of nitrogens with zero attached hydrogens (tertiary/aromatic N) is 6. The second-order valence-electron chi connectivity index (χ2n) is 6.50. The number of para-hydroxylation sites is 1. The predicted octanol–water partition coefficient (Wildman–Crippen LogP) is 4.60. The number of benzene rings is 2. The molecule has 0 radical (unpaired) electrons. The largest absolute Gasteiger partial charge is 0.494 e. The topological polar surface area (TPSA) is 123 Å². The van der Waals surface area contributed by atoms with E-state index < -0.39 is 11.0 Å². The van der Waals surface area contributed by atoms with Gasteiger partial charge in [0.05, 0.1) is 23.4 Å². The summed E-state index contributed by atoms with van der Waals surface area (Å²) in [5.74, 6) is 0.167. The molecule has 2 aromatic carbocycles. The Balaban J connectivity index is 1.56. The molecule has 156 valence electrons. The second-order valence-corrected chi connectivity index (χ2v) is 7.34. The molecule has 1 aromatic heterocycles. The summed E-state index contributed by atoms with van der Waals surface area (Å²) in [4.78, 5) is 27.9. The van der Waals surface area contributed by atoms with Gasteiger partial charge in [0.15, 0.2) is 6.04 Å². The number of azo groups is 1. The number of hydrogen-bond acceptors (Lipinski definition) is 9. The number of anilines is 1. The summed E-state index contributed by atoms with van der Waals surface area (Å²) in [5, 5.41) is 26.9. The lowest BCUT2D eigenvalue weighted by atomic mass is 10.1. The maximum Gasteiger partial charge on any atom is 0.282 e. The van der Waals surface area contributed by atoms with Crippen molar-refractivity contribution in [3.05, 3.63) is 64.0 Å². The van der Waals surface area contributed by atoms with E-state index in [1.54, 1.807) is 42.6 Å². The van der Waals surface area contributed by atoms with Crippen LogP contribution in [0.5, 0.6) is 5.75 Å². The number of methoxy groups -OCH3 is 1. The van der Waals surface area contributed by atoms with Crippen molar-refractivity contribution < 1.29 is 14.5 Å². The Kier molecular flexibility index (Phi) is 5.50. The molecule has 0 spiro atoms. The number of amides is 1. The fourth-order valence-corrected chi connectivity index (χ4v) is 3.72. The number of ether oxygens (including phenoxy) is 1. The molecule has 31 heavy (non-hydrogen) atoms. The van der Waals surface area contributed by atoms with Crippen LogP contribution in [-0.2, 0) is 4.79 Å². The molecule has 11 heteroatoms. The zero-order valence-electron chi connectivity index (χ0n) is 16.5. The van der Waals surface area contributed by atoms with E-state index in [2.05, 4.69) is 20.3 Å². The van der Waals surface area contributed by atoms with Gasteiger partial charge in [0.25, 0.3) is 11.6 Å². The monoisotopic (exact) mass is 436 g/mol. The van der Waals surface area contributed by atoms with Crippen LogP contribution < -0.4 is 9.75 Å². The van der Waals surface area contributed by atoms with Gasteiger partial charge in [-0.3, -0.25) is 14.9 Å². The van der Waals surface area contributed by atoms with E-state index in [4.69, 9.17) is 4.74 Å². The number of carbonyl (C=O) groups is 1. The maximum atomic E-state index is 12.9. The zero-order valence-corrected chi connectivity index (χ0v) is 17.3. The zero-order chi connectivity index (χ0) is 22.0. The lowest BCUT2D eigenvalue weighted by Gasteiger charge is -2.08. The number of rotatable bonds is 6. The number of thiazole rings is 1. The highest BCUT2D eigenvalue weighted by Crippen LogP contribution is 2.32. The van der Waals surface area contributed by atoms with Gasteiger partial charge in [0, 0.05) is 23.1 Å². The van der Waals surface area contributed by atoms with Crippen LogP contribution in [0.15, 0.2) is 69.2 Å². The molecular weight excluding hydrogens is 420 g/mol. The van der Waals surface area contributed by atoms with E-state index in [0.29, 0.717) is 33.5 Å². The quantitative estimate of drug-likeness (QED) is 0.317. The van der Waals surface area contributed by atoms with Gasteiger partial charge in [-0.05, 0) is 19.1 Å². The first-order valence-electron chi connectivity index (χ1n) is 9.11. The third-order valence-electron chi connectivity index (χ3n) is 4.49. The highest BCUT2D eigenvalue weighted by Gasteiger charge is 2.36. The first-order chi connectivity index (χ1) is 15.0. The van der Waals surface area contributed by atoms with Gasteiger partial charge in [-0.15, -0.1) is 11.3 Å². The molecule has 1 aliphatic heterocycles. The Morgan fingerprint density at radius 3 is 2.81 bits per heavy atom. The Hall–Kier alpha value is -3.99. The molecule has 0 bridgehead atoms. The van der Waals surface area contributed by atoms with Crippen molar-refractivity contribution in [3.63, 3.8) is 0 Å². The smallest absolute Gasteiger partial charge is 0.282 e. The fraction of sp³-hybridized carbons (Fsp3) is 0.150. The van der Waals surface area contributed by atoms with Crippen LogP contribution in [-0.4, -0.2) is 34.7 Å². The van der Waals surface area contributed by atoms with Crippen LogP contribution in [0.3, 0.4) is 0 Å². The number of hydrogen-bond donors (Lipinski definition) is 0. The van der Waals surface area contributed by atoms with Gasteiger partial charge < -0.3 is 4.74 Å². The summed E-state index contributed by atoms with van der Waals surface area (Å²) >= 11 is 1.21. The van der Waals surface area contributed by atoms with E-state index in [1.807, 2.05) is 6.07 Å². The summed E-state index contributed by atoms with van der Waals surface area (Å²) < 4.78 is 5.24. The minimum atomic E-state index is -0.866. The van der Waals surface area contributed by atoms with Crippen LogP contribution in [0.25, 0.3) is 11.3 Å². The number of carbonyl (C=O) groups excluding carboxylic acids is 1. The van der Waals surface area contributed by atoms with E-state index >= 15 is 0 Å². The first kappa shape index (κ1) is 20.3. The molecule has 10 nitrogen and oxygen atoms in total. The molecule has 0 aliphatic carbocycles. The van der Waals surface area contributed by atoms with E-state index in [0.717, 1.165) is 0 Å². The van der Waals surface area contributed by atoms with E-state index in [9.17, 15) is 14.9 Å². The molecule has 0 saturated carbocycles. The number of aromatic nitrogens is 1. The van der Waals surface area contributed by atoms with Gasteiger partial charge >= 0.3 is 0 Å². The number of non-ortho nitro benzene ring substituents is 1. The first-order valence-corrected chi connectivity index (χ1v) is 9.99. The summed E-state index contributed by atoms with van der Waals surface area (Å²) in [6, 6.07) is 12.4. The molecule has 0 fully saturated rings. The minimum absolute atomic E-state index is 0.0324. The van der Waals surface area contributed by atoms with Crippen LogP contribution in [0.2, 0.25) is 0 Å². The average molecular weight is 436 g/mol.